The molecule has 1 aliphatic heterocycles. The van der Waals surface area contributed by atoms with Gasteiger partial charge in [-0.3, -0.25) is 9.59 Å². The van der Waals surface area contributed by atoms with Crippen molar-refractivity contribution in [3.8, 4) is 11.5 Å². The maximum atomic E-state index is 12.9. The average molecular weight is 395 g/mol. The highest BCUT2D eigenvalue weighted by Crippen LogP contribution is 2.40. The van der Waals surface area contributed by atoms with Gasteiger partial charge < -0.3 is 19.5 Å². The van der Waals surface area contributed by atoms with Gasteiger partial charge in [-0.05, 0) is 30.7 Å². The number of aliphatic hydroxyl groups excluding tert-OH is 1. The molecule has 6 nitrogen and oxygen atoms in total. The highest BCUT2D eigenvalue weighted by atomic mass is 16.5. The van der Waals surface area contributed by atoms with E-state index < -0.39 is 17.7 Å². The van der Waals surface area contributed by atoms with Crippen molar-refractivity contribution in [1.29, 1.82) is 0 Å². The molecule has 0 aliphatic carbocycles. The third-order valence-corrected chi connectivity index (χ3v) is 4.94. The van der Waals surface area contributed by atoms with E-state index in [2.05, 4.69) is 0 Å². The summed E-state index contributed by atoms with van der Waals surface area (Å²) in [4.78, 5) is 27.1. The number of ketones is 1. The van der Waals surface area contributed by atoms with Gasteiger partial charge in [-0.1, -0.05) is 37.3 Å². The van der Waals surface area contributed by atoms with Gasteiger partial charge in [-0.2, -0.15) is 0 Å². The number of ether oxygens (including phenoxy) is 2. The van der Waals surface area contributed by atoms with E-state index in [9.17, 15) is 14.7 Å². The molecule has 1 unspecified atom stereocenters. The van der Waals surface area contributed by atoms with Crippen molar-refractivity contribution in [2.75, 3.05) is 13.7 Å². The van der Waals surface area contributed by atoms with Crippen LogP contribution >= 0.6 is 0 Å². The van der Waals surface area contributed by atoms with Crippen LogP contribution in [0, 0.1) is 0 Å². The molecule has 1 heterocycles. The lowest BCUT2D eigenvalue weighted by Crippen LogP contribution is -2.30. The maximum absolute atomic E-state index is 12.9. The molecule has 1 amide bonds. The van der Waals surface area contributed by atoms with Gasteiger partial charge in [0.05, 0.1) is 31.9 Å². The SMILES string of the molecule is CCOc1cccc(C2C(C(=O)CC)=C(O)C(=O)N2Cc2ccccc2OC)c1. The lowest BCUT2D eigenvalue weighted by Gasteiger charge is -2.27. The molecule has 3 rings (SSSR count). The predicted octanol–water partition coefficient (Wildman–Crippen LogP) is 3.97. The first kappa shape index (κ1) is 20.5. The fraction of sp³-hybridized carbons (Fsp3) is 0.304. The number of benzene rings is 2. The first-order valence-electron chi connectivity index (χ1n) is 9.63. The molecule has 0 spiro atoms. The van der Waals surface area contributed by atoms with Crippen LogP contribution in [0.4, 0.5) is 0 Å². The van der Waals surface area contributed by atoms with Crippen LogP contribution in [0.3, 0.4) is 0 Å². The molecule has 6 heteroatoms. The van der Waals surface area contributed by atoms with Crippen molar-refractivity contribution in [3.63, 3.8) is 0 Å². The number of carbonyl (C=O) groups is 2. The molecule has 0 radical (unpaired) electrons. The molecule has 1 aliphatic rings. The lowest BCUT2D eigenvalue weighted by atomic mass is 9.94. The highest BCUT2D eigenvalue weighted by molar-refractivity contribution is 6.08. The monoisotopic (exact) mass is 395 g/mol. The van der Waals surface area contributed by atoms with Gasteiger partial charge in [0.15, 0.2) is 11.5 Å². The Labute approximate surface area is 170 Å². The number of aliphatic hydroxyl groups is 1. The summed E-state index contributed by atoms with van der Waals surface area (Å²) in [6.07, 6.45) is 0.191. The molecule has 1 N–H and O–H groups in total. The molecule has 0 bridgehead atoms. The van der Waals surface area contributed by atoms with E-state index in [4.69, 9.17) is 9.47 Å². The van der Waals surface area contributed by atoms with Crippen molar-refractivity contribution in [2.24, 2.45) is 0 Å². The molecule has 1 atom stereocenters. The molecule has 0 aromatic heterocycles. The number of para-hydroxylation sites is 1. The summed E-state index contributed by atoms with van der Waals surface area (Å²) in [5.74, 6) is -0.0375. The van der Waals surface area contributed by atoms with Crippen LogP contribution < -0.4 is 9.47 Å². The Morgan fingerprint density at radius 3 is 2.59 bits per heavy atom. The minimum absolute atomic E-state index is 0.126. The third-order valence-electron chi connectivity index (χ3n) is 4.94. The van der Waals surface area contributed by atoms with Crippen LogP contribution in [-0.4, -0.2) is 35.4 Å². The van der Waals surface area contributed by atoms with Crippen LogP contribution in [0.2, 0.25) is 0 Å². The summed E-state index contributed by atoms with van der Waals surface area (Å²) < 4.78 is 11.0. The predicted molar refractivity (Wildman–Crippen MR) is 109 cm³/mol. The Hall–Kier alpha value is -3.28. The summed E-state index contributed by atoms with van der Waals surface area (Å²) in [6.45, 7) is 4.29. The Kier molecular flexibility index (Phi) is 6.22. The second-order valence-electron chi connectivity index (χ2n) is 6.69. The molecule has 0 saturated carbocycles. The number of hydrogen-bond acceptors (Lipinski definition) is 5. The summed E-state index contributed by atoms with van der Waals surface area (Å²) in [6, 6.07) is 13.9. The Bertz CT molecular complexity index is 950. The van der Waals surface area contributed by atoms with Crippen LogP contribution in [0.15, 0.2) is 59.9 Å². The first-order valence-corrected chi connectivity index (χ1v) is 9.63. The van der Waals surface area contributed by atoms with Gasteiger partial charge in [0.25, 0.3) is 5.91 Å². The summed E-state index contributed by atoms with van der Waals surface area (Å²) in [5.41, 5.74) is 1.62. The van der Waals surface area contributed by atoms with Crippen molar-refractivity contribution in [2.45, 2.75) is 32.9 Å². The van der Waals surface area contributed by atoms with E-state index in [0.717, 1.165) is 5.56 Å². The molecular formula is C23H25NO5. The zero-order valence-electron chi connectivity index (χ0n) is 16.8. The second-order valence-corrected chi connectivity index (χ2v) is 6.69. The van der Waals surface area contributed by atoms with Crippen molar-refractivity contribution < 1.29 is 24.2 Å². The standard InChI is InChI=1S/C23H25NO5/c1-4-18(25)20-21(15-10-8-11-17(13-15)29-5-2)24(23(27)22(20)26)14-16-9-6-7-12-19(16)28-3/h6-13,21,26H,4-5,14H2,1-3H3. The molecular weight excluding hydrogens is 370 g/mol. The summed E-state index contributed by atoms with van der Waals surface area (Å²) in [7, 11) is 1.56. The molecule has 2 aromatic carbocycles. The zero-order chi connectivity index (χ0) is 21.0. The minimum atomic E-state index is -0.694. The van der Waals surface area contributed by atoms with Crippen LogP contribution in [0.5, 0.6) is 11.5 Å². The van der Waals surface area contributed by atoms with Crippen LogP contribution in [-0.2, 0) is 16.1 Å². The number of hydrogen-bond donors (Lipinski definition) is 1. The number of rotatable bonds is 8. The number of carbonyl (C=O) groups excluding carboxylic acids is 2. The van der Waals surface area contributed by atoms with Crippen molar-refractivity contribution in [3.05, 3.63) is 71.0 Å². The third kappa shape index (κ3) is 3.97. The van der Waals surface area contributed by atoms with Gasteiger partial charge in [0.2, 0.25) is 0 Å². The molecule has 152 valence electrons. The van der Waals surface area contributed by atoms with Crippen LogP contribution in [0.1, 0.15) is 37.4 Å². The van der Waals surface area contributed by atoms with E-state index >= 15 is 0 Å². The zero-order valence-corrected chi connectivity index (χ0v) is 16.8. The first-order chi connectivity index (χ1) is 14.0. The Morgan fingerprint density at radius 2 is 1.90 bits per heavy atom. The average Bonchev–Trinajstić information content (AvgIpc) is 2.99. The van der Waals surface area contributed by atoms with Crippen molar-refractivity contribution in [1.82, 2.24) is 4.90 Å². The van der Waals surface area contributed by atoms with Crippen molar-refractivity contribution >= 4 is 11.7 Å². The topological polar surface area (TPSA) is 76.1 Å². The maximum Gasteiger partial charge on any atom is 0.290 e. The van der Waals surface area contributed by atoms with Gasteiger partial charge >= 0.3 is 0 Å². The fourth-order valence-electron chi connectivity index (χ4n) is 3.60. The summed E-state index contributed by atoms with van der Waals surface area (Å²) in [5, 5.41) is 10.5. The minimum Gasteiger partial charge on any atom is -0.503 e. The Balaban J connectivity index is 2.08. The summed E-state index contributed by atoms with van der Waals surface area (Å²) >= 11 is 0. The normalized spacial score (nSPS) is 16.3. The molecule has 0 saturated heterocycles. The smallest absolute Gasteiger partial charge is 0.290 e. The highest BCUT2D eigenvalue weighted by Gasteiger charge is 2.43. The second kappa shape index (κ2) is 8.82. The van der Waals surface area contributed by atoms with E-state index in [0.29, 0.717) is 23.7 Å². The largest absolute Gasteiger partial charge is 0.503 e. The van der Waals surface area contributed by atoms with E-state index in [1.54, 1.807) is 20.1 Å². The van der Waals surface area contributed by atoms with Gasteiger partial charge in [-0.15, -0.1) is 0 Å². The Morgan fingerprint density at radius 1 is 1.14 bits per heavy atom. The molecule has 0 fully saturated rings. The van der Waals surface area contributed by atoms with Gasteiger partial charge in [0, 0.05) is 12.0 Å². The van der Waals surface area contributed by atoms with E-state index in [1.807, 2.05) is 49.4 Å². The molecule has 29 heavy (non-hydrogen) atoms. The van der Waals surface area contributed by atoms with Crippen LogP contribution in [0.25, 0.3) is 0 Å². The number of methoxy groups -OCH3 is 1. The molecule has 2 aromatic rings. The quantitative estimate of drug-likeness (QED) is 0.732. The van der Waals surface area contributed by atoms with E-state index in [-0.39, 0.29) is 24.3 Å². The van der Waals surface area contributed by atoms with Gasteiger partial charge in [-0.25, -0.2) is 0 Å². The van der Waals surface area contributed by atoms with E-state index in [1.165, 1.54) is 4.90 Å². The number of amides is 1. The lowest BCUT2D eigenvalue weighted by molar-refractivity contribution is -0.130. The number of Topliss-reactive ketones (excluding diaryl/α,β-unsaturated/α-hetero) is 1. The number of nitrogens with zero attached hydrogens (tertiary/aromatic N) is 1. The fourth-order valence-corrected chi connectivity index (χ4v) is 3.60. The van der Waals surface area contributed by atoms with Gasteiger partial charge in [0.1, 0.15) is 11.5 Å².